The van der Waals surface area contributed by atoms with E-state index in [1.165, 1.54) is 18.5 Å². The number of benzene rings is 1. The van der Waals surface area contributed by atoms with Gasteiger partial charge in [0.1, 0.15) is 0 Å². The van der Waals surface area contributed by atoms with Crippen LogP contribution in [0.25, 0.3) is 0 Å². The van der Waals surface area contributed by atoms with Gasteiger partial charge in [-0.2, -0.15) is 0 Å². The SMILES string of the molecule is COCCNCc1ccc(N2CC3CCC(C2)O3)cc1Cl. The first-order chi connectivity index (χ1) is 10.3. The monoisotopic (exact) mass is 310 g/mol. The number of fused-ring (bicyclic) bond motifs is 2. The van der Waals surface area contributed by atoms with E-state index in [0.29, 0.717) is 18.8 Å². The smallest absolute Gasteiger partial charge is 0.0755 e. The number of rotatable bonds is 6. The van der Waals surface area contributed by atoms with Gasteiger partial charge in [-0.25, -0.2) is 0 Å². The molecule has 4 nitrogen and oxygen atoms in total. The maximum absolute atomic E-state index is 6.42. The highest BCUT2D eigenvalue weighted by molar-refractivity contribution is 6.31. The number of halogens is 1. The first-order valence-electron chi connectivity index (χ1n) is 7.65. The first-order valence-corrected chi connectivity index (χ1v) is 8.02. The van der Waals surface area contributed by atoms with Crippen molar-refractivity contribution in [2.75, 3.05) is 38.3 Å². The Labute approximate surface area is 131 Å². The number of hydrogen-bond acceptors (Lipinski definition) is 4. The van der Waals surface area contributed by atoms with Gasteiger partial charge in [0.25, 0.3) is 0 Å². The summed E-state index contributed by atoms with van der Waals surface area (Å²) in [6.45, 7) is 4.29. The standard InChI is InChI=1S/C16H23ClN2O2/c1-20-7-6-18-9-12-2-3-13(8-16(12)17)19-10-14-4-5-15(11-19)21-14/h2-3,8,14-15,18H,4-7,9-11H2,1H3. The third-order valence-electron chi connectivity index (χ3n) is 4.24. The van der Waals surface area contributed by atoms with E-state index in [0.717, 1.165) is 36.8 Å². The number of nitrogens with one attached hydrogen (secondary N) is 1. The van der Waals surface area contributed by atoms with Gasteiger partial charge in [0.05, 0.1) is 18.8 Å². The van der Waals surface area contributed by atoms with Gasteiger partial charge < -0.3 is 19.7 Å². The molecule has 2 unspecified atom stereocenters. The van der Waals surface area contributed by atoms with E-state index in [9.17, 15) is 0 Å². The summed E-state index contributed by atoms with van der Waals surface area (Å²) in [5.74, 6) is 0. The zero-order chi connectivity index (χ0) is 14.7. The quantitative estimate of drug-likeness (QED) is 0.818. The van der Waals surface area contributed by atoms with Crippen molar-refractivity contribution >= 4 is 17.3 Å². The van der Waals surface area contributed by atoms with Crippen molar-refractivity contribution in [2.24, 2.45) is 0 Å². The minimum Gasteiger partial charge on any atom is -0.383 e. The first kappa shape index (κ1) is 15.1. The number of morpholine rings is 1. The van der Waals surface area contributed by atoms with E-state index in [2.05, 4.69) is 28.4 Å². The van der Waals surface area contributed by atoms with Gasteiger partial charge in [-0.05, 0) is 30.5 Å². The lowest BCUT2D eigenvalue weighted by atomic mass is 10.1. The predicted octanol–water partition coefficient (Wildman–Crippen LogP) is 2.44. The fraction of sp³-hybridized carbons (Fsp3) is 0.625. The van der Waals surface area contributed by atoms with Crippen LogP contribution in [0.2, 0.25) is 5.02 Å². The summed E-state index contributed by atoms with van der Waals surface area (Å²) >= 11 is 6.42. The Bertz CT molecular complexity index is 471. The van der Waals surface area contributed by atoms with Gasteiger partial charge >= 0.3 is 0 Å². The van der Waals surface area contributed by atoms with Crippen molar-refractivity contribution in [1.29, 1.82) is 0 Å². The van der Waals surface area contributed by atoms with Crippen LogP contribution in [0.3, 0.4) is 0 Å². The minimum absolute atomic E-state index is 0.401. The van der Waals surface area contributed by atoms with Crippen LogP contribution in [0.5, 0.6) is 0 Å². The van der Waals surface area contributed by atoms with Crippen molar-refractivity contribution < 1.29 is 9.47 Å². The van der Waals surface area contributed by atoms with E-state index in [1.807, 2.05) is 0 Å². The number of methoxy groups -OCH3 is 1. The number of ether oxygens (including phenoxy) is 2. The summed E-state index contributed by atoms with van der Waals surface area (Å²) in [5.41, 5.74) is 2.34. The largest absolute Gasteiger partial charge is 0.383 e. The van der Waals surface area contributed by atoms with E-state index < -0.39 is 0 Å². The second kappa shape index (κ2) is 6.97. The molecular weight excluding hydrogens is 288 g/mol. The Balaban J connectivity index is 1.61. The summed E-state index contributed by atoms with van der Waals surface area (Å²) in [4.78, 5) is 2.40. The molecule has 0 amide bonds. The van der Waals surface area contributed by atoms with E-state index in [-0.39, 0.29) is 0 Å². The predicted molar refractivity (Wildman–Crippen MR) is 85.1 cm³/mol. The molecule has 2 saturated heterocycles. The molecule has 0 aliphatic carbocycles. The van der Waals surface area contributed by atoms with Gasteiger partial charge in [0.2, 0.25) is 0 Å². The van der Waals surface area contributed by atoms with Crippen molar-refractivity contribution in [3.05, 3.63) is 28.8 Å². The van der Waals surface area contributed by atoms with Crippen LogP contribution in [-0.2, 0) is 16.0 Å². The van der Waals surface area contributed by atoms with Gasteiger partial charge in [0, 0.05) is 44.0 Å². The summed E-state index contributed by atoms with van der Waals surface area (Å²) in [7, 11) is 1.71. The summed E-state index contributed by atoms with van der Waals surface area (Å²) in [6, 6.07) is 6.37. The number of hydrogen-bond donors (Lipinski definition) is 1. The fourth-order valence-electron chi connectivity index (χ4n) is 3.10. The van der Waals surface area contributed by atoms with Crippen LogP contribution in [0, 0.1) is 0 Å². The zero-order valence-corrected chi connectivity index (χ0v) is 13.2. The molecule has 2 fully saturated rings. The van der Waals surface area contributed by atoms with Crippen molar-refractivity contribution in [3.63, 3.8) is 0 Å². The maximum atomic E-state index is 6.42. The molecule has 2 heterocycles. The van der Waals surface area contributed by atoms with Crippen molar-refractivity contribution in [1.82, 2.24) is 5.32 Å². The fourth-order valence-corrected chi connectivity index (χ4v) is 3.34. The highest BCUT2D eigenvalue weighted by Gasteiger charge is 2.33. The summed E-state index contributed by atoms with van der Waals surface area (Å²) in [6.07, 6.45) is 3.18. The van der Waals surface area contributed by atoms with Crippen LogP contribution in [0.1, 0.15) is 18.4 Å². The van der Waals surface area contributed by atoms with Gasteiger partial charge in [0.15, 0.2) is 0 Å². The molecule has 0 saturated carbocycles. The van der Waals surface area contributed by atoms with Crippen LogP contribution in [0.4, 0.5) is 5.69 Å². The Kier molecular flexibility index (Phi) is 5.01. The molecule has 2 atom stereocenters. The summed E-state index contributed by atoms with van der Waals surface area (Å²) in [5, 5.41) is 4.15. The molecule has 5 heteroatoms. The molecule has 2 aliphatic rings. The Morgan fingerprint density at radius 2 is 2.10 bits per heavy atom. The minimum atomic E-state index is 0.401. The van der Waals surface area contributed by atoms with Crippen molar-refractivity contribution in [3.8, 4) is 0 Å². The van der Waals surface area contributed by atoms with Crippen LogP contribution in [0.15, 0.2) is 18.2 Å². The number of anilines is 1. The van der Waals surface area contributed by atoms with Crippen molar-refractivity contribution in [2.45, 2.75) is 31.6 Å². The molecule has 21 heavy (non-hydrogen) atoms. The second-order valence-electron chi connectivity index (χ2n) is 5.81. The van der Waals surface area contributed by atoms with Gasteiger partial charge in [-0.1, -0.05) is 17.7 Å². The summed E-state index contributed by atoms with van der Waals surface area (Å²) < 4.78 is 10.9. The lowest BCUT2D eigenvalue weighted by Gasteiger charge is -2.34. The topological polar surface area (TPSA) is 33.7 Å². The molecular formula is C16H23ClN2O2. The molecule has 3 rings (SSSR count). The molecule has 1 aromatic carbocycles. The number of nitrogens with zero attached hydrogens (tertiary/aromatic N) is 1. The van der Waals surface area contributed by atoms with Gasteiger partial charge in [-0.15, -0.1) is 0 Å². The van der Waals surface area contributed by atoms with Gasteiger partial charge in [-0.3, -0.25) is 0 Å². The van der Waals surface area contributed by atoms with E-state index >= 15 is 0 Å². The molecule has 0 radical (unpaired) electrons. The third-order valence-corrected chi connectivity index (χ3v) is 4.60. The Hall–Kier alpha value is -0.810. The molecule has 1 N–H and O–H groups in total. The average molecular weight is 311 g/mol. The van der Waals surface area contributed by atoms with E-state index in [1.54, 1.807) is 7.11 Å². The highest BCUT2D eigenvalue weighted by Crippen LogP contribution is 2.31. The van der Waals surface area contributed by atoms with Crippen LogP contribution < -0.4 is 10.2 Å². The normalized spacial score (nSPS) is 24.6. The third kappa shape index (κ3) is 3.69. The Morgan fingerprint density at radius 1 is 1.33 bits per heavy atom. The molecule has 2 aliphatic heterocycles. The maximum Gasteiger partial charge on any atom is 0.0755 e. The average Bonchev–Trinajstić information content (AvgIpc) is 2.83. The van der Waals surface area contributed by atoms with Crippen LogP contribution >= 0.6 is 11.6 Å². The highest BCUT2D eigenvalue weighted by atomic mass is 35.5. The van der Waals surface area contributed by atoms with E-state index in [4.69, 9.17) is 21.1 Å². The molecule has 1 aromatic rings. The zero-order valence-electron chi connectivity index (χ0n) is 12.5. The lowest BCUT2D eigenvalue weighted by molar-refractivity contribution is 0.0305. The van der Waals surface area contributed by atoms with Crippen LogP contribution in [-0.4, -0.2) is 45.6 Å². The second-order valence-corrected chi connectivity index (χ2v) is 6.21. The molecule has 0 aromatic heterocycles. The molecule has 116 valence electrons. The molecule has 2 bridgehead atoms. The molecule has 0 spiro atoms. The lowest BCUT2D eigenvalue weighted by Crippen LogP contribution is -2.42. The Morgan fingerprint density at radius 3 is 2.76 bits per heavy atom.